The third-order valence-corrected chi connectivity index (χ3v) is 8.19. The highest BCUT2D eigenvalue weighted by atomic mass is 35.5. The van der Waals surface area contributed by atoms with E-state index in [1.165, 1.54) is 0 Å². The number of pyridine rings is 1. The van der Waals surface area contributed by atoms with E-state index in [4.69, 9.17) is 26.1 Å². The number of carbonyl (C=O) groups is 1. The summed E-state index contributed by atoms with van der Waals surface area (Å²) in [6.45, 7) is 1.72. The number of rotatable bonds is 3. The van der Waals surface area contributed by atoms with Crippen molar-refractivity contribution in [3.63, 3.8) is 0 Å². The molecule has 0 unspecified atom stereocenters. The number of carbonyl (C=O) groups excluding carboxylic acids is 1. The van der Waals surface area contributed by atoms with Gasteiger partial charge in [0.15, 0.2) is 5.65 Å². The summed E-state index contributed by atoms with van der Waals surface area (Å²) < 4.78 is 14.1. The fourth-order valence-electron chi connectivity index (χ4n) is 5.91. The Morgan fingerprint density at radius 1 is 1.12 bits per heavy atom. The van der Waals surface area contributed by atoms with Crippen LogP contribution in [0.3, 0.4) is 0 Å². The van der Waals surface area contributed by atoms with Gasteiger partial charge in [-0.1, -0.05) is 17.7 Å². The molecule has 11 nitrogen and oxygen atoms in total. The van der Waals surface area contributed by atoms with Crippen molar-refractivity contribution < 1.29 is 19.4 Å². The van der Waals surface area contributed by atoms with Crippen molar-refractivity contribution in [2.45, 2.75) is 38.0 Å². The minimum Gasteiger partial charge on any atom is -0.487 e. The number of aryl methyl sites for hydroxylation is 1. The molecule has 3 aliphatic heterocycles. The Balaban J connectivity index is 1.33. The van der Waals surface area contributed by atoms with Crippen LogP contribution in [0.25, 0.3) is 5.65 Å². The van der Waals surface area contributed by atoms with Crippen LogP contribution in [0, 0.1) is 0 Å². The van der Waals surface area contributed by atoms with E-state index in [0.29, 0.717) is 73.6 Å². The van der Waals surface area contributed by atoms with Crippen LogP contribution in [0.1, 0.15) is 24.0 Å². The molecular formula is C30H30ClN7O4. The van der Waals surface area contributed by atoms with Crippen molar-refractivity contribution in [3.05, 3.63) is 77.2 Å². The number of aliphatic hydroxyl groups is 1. The lowest BCUT2D eigenvalue weighted by Gasteiger charge is -2.32. The smallest absolute Gasteiger partial charge is 0.227 e. The maximum Gasteiger partial charge on any atom is 0.227 e. The van der Waals surface area contributed by atoms with Crippen molar-refractivity contribution in [1.29, 1.82) is 0 Å². The van der Waals surface area contributed by atoms with Crippen LogP contribution in [0.15, 0.2) is 61.1 Å². The standard InChI is InChI=1S/C30H30ClN7O4/c31-24-15-33-38-27-14-26(35-30(24)38)36-17-23(13-22(36)18-39)41-9-1-2-10-42-25-12-21(34-27)11-20-3-4-28(40)37(29(20)25)16-19-5-7-32-8-6-19/h1-2,5-8,11-12,14-15,22-23,34,39H,3-4,9-10,13,16-18H2/b2-1+/t22-,23-/m0/s1. The van der Waals surface area contributed by atoms with E-state index in [2.05, 4.69) is 26.4 Å². The van der Waals surface area contributed by atoms with Crippen LogP contribution in [-0.2, 0) is 22.5 Å². The average molecular weight is 588 g/mol. The predicted molar refractivity (Wildman–Crippen MR) is 159 cm³/mol. The number of aliphatic hydroxyl groups excluding tert-OH is 1. The number of nitrogens with zero attached hydrogens (tertiary/aromatic N) is 6. The van der Waals surface area contributed by atoms with Gasteiger partial charge in [0, 0.05) is 43.2 Å². The predicted octanol–water partition coefficient (Wildman–Crippen LogP) is 3.91. The van der Waals surface area contributed by atoms with Gasteiger partial charge >= 0.3 is 0 Å². The molecule has 42 heavy (non-hydrogen) atoms. The molecule has 6 bridgehead atoms. The van der Waals surface area contributed by atoms with Gasteiger partial charge < -0.3 is 29.7 Å². The largest absolute Gasteiger partial charge is 0.487 e. The van der Waals surface area contributed by atoms with Crippen LogP contribution in [0.5, 0.6) is 5.75 Å². The molecule has 2 N–H and O–H groups in total. The molecule has 0 radical (unpaired) electrons. The van der Waals surface area contributed by atoms with Crippen LogP contribution >= 0.6 is 11.6 Å². The first-order chi connectivity index (χ1) is 20.6. The molecule has 12 heteroatoms. The SMILES string of the molecule is O=C1CCc2cc3cc(c2N1Cc1ccncc1)OC/C=C/CO[C@H]1C[C@@H](CO)N(C1)c1cc(n2ncc(Cl)c2n1)N3. The Kier molecular flexibility index (Phi) is 7.14. The number of anilines is 4. The van der Waals surface area contributed by atoms with E-state index in [-0.39, 0.29) is 24.7 Å². The van der Waals surface area contributed by atoms with Gasteiger partial charge in [0.25, 0.3) is 0 Å². The van der Waals surface area contributed by atoms with E-state index in [0.717, 1.165) is 22.5 Å². The van der Waals surface area contributed by atoms with Gasteiger partial charge in [0.1, 0.15) is 29.0 Å². The second-order valence-electron chi connectivity index (χ2n) is 10.6. The number of hydrogen-bond acceptors (Lipinski definition) is 9. The van der Waals surface area contributed by atoms with E-state index in [1.807, 2.05) is 36.4 Å². The first-order valence-corrected chi connectivity index (χ1v) is 14.4. The number of aromatic nitrogens is 4. The fourth-order valence-corrected chi connectivity index (χ4v) is 6.07. The molecule has 3 aliphatic rings. The molecule has 4 aromatic rings. The van der Waals surface area contributed by atoms with Gasteiger partial charge in [-0.2, -0.15) is 9.61 Å². The van der Waals surface area contributed by atoms with E-state index >= 15 is 0 Å². The summed E-state index contributed by atoms with van der Waals surface area (Å²) in [6, 6.07) is 9.56. The molecule has 0 saturated carbocycles. The average Bonchev–Trinajstić information content (AvgIpc) is 3.59. The van der Waals surface area contributed by atoms with E-state index < -0.39 is 0 Å². The zero-order chi connectivity index (χ0) is 28.6. The zero-order valence-electron chi connectivity index (χ0n) is 22.8. The first kappa shape index (κ1) is 26.7. The number of hydrogen-bond donors (Lipinski definition) is 2. The number of amides is 1. The Morgan fingerprint density at radius 3 is 2.83 bits per heavy atom. The maximum absolute atomic E-state index is 13.2. The molecule has 0 spiro atoms. The molecule has 1 amide bonds. The Hall–Kier alpha value is -4.19. The molecule has 0 aliphatic carbocycles. The van der Waals surface area contributed by atoms with Crippen molar-refractivity contribution in [3.8, 4) is 5.75 Å². The number of nitrogens with one attached hydrogen (secondary N) is 1. The summed E-state index contributed by atoms with van der Waals surface area (Å²) in [5.74, 6) is 1.97. The van der Waals surface area contributed by atoms with Crippen LogP contribution in [0.4, 0.5) is 23.0 Å². The monoisotopic (exact) mass is 587 g/mol. The highest BCUT2D eigenvalue weighted by molar-refractivity contribution is 6.33. The van der Waals surface area contributed by atoms with Crippen molar-refractivity contribution in [2.24, 2.45) is 0 Å². The van der Waals surface area contributed by atoms with Gasteiger partial charge in [-0.3, -0.25) is 9.78 Å². The van der Waals surface area contributed by atoms with Crippen molar-refractivity contribution >= 4 is 46.2 Å². The number of halogens is 1. The lowest BCUT2D eigenvalue weighted by Crippen LogP contribution is -2.35. The normalized spacial score (nSPS) is 21.1. The van der Waals surface area contributed by atoms with Crippen LogP contribution in [-0.4, -0.2) is 69.1 Å². The molecule has 1 fully saturated rings. The van der Waals surface area contributed by atoms with E-state index in [9.17, 15) is 9.90 Å². The van der Waals surface area contributed by atoms with E-state index in [1.54, 1.807) is 28.0 Å². The highest BCUT2D eigenvalue weighted by Crippen LogP contribution is 2.41. The second-order valence-corrected chi connectivity index (χ2v) is 11.0. The number of fused-ring (bicyclic) bond motifs is 11. The highest BCUT2D eigenvalue weighted by Gasteiger charge is 2.34. The molecule has 2 atom stereocenters. The third-order valence-electron chi connectivity index (χ3n) is 7.92. The van der Waals surface area contributed by atoms with Gasteiger partial charge in [-0.05, 0) is 48.2 Å². The van der Waals surface area contributed by atoms with Crippen molar-refractivity contribution in [1.82, 2.24) is 19.6 Å². The third kappa shape index (κ3) is 5.04. The summed E-state index contributed by atoms with van der Waals surface area (Å²) >= 11 is 6.50. The Bertz CT molecular complexity index is 1660. The first-order valence-electron chi connectivity index (χ1n) is 14.0. The lowest BCUT2D eigenvalue weighted by atomic mass is 9.98. The van der Waals surface area contributed by atoms with Crippen LogP contribution in [0.2, 0.25) is 5.02 Å². The maximum atomic E-state index is 13.2. The Morgan fingerprint density at radius 2 is 1.98 bits per heavy atom. The second kappa shape index (κ2) is 11.2. The van der Waals surface area contributed by atoms with Gasteiger partial charge in [-0.15, -0.1) is 0 Å². The molecule has 216 valence electrons. The minimum atomic E-state index is -0.137. The summed E-state index contributed by atoms with van der Waals surface area (Å²) in [5, 5.41) is 18.6. The number of benzene rings is 1. The quantitative estimate of drug-likeness (QED) is 0.344. The van der Waals surface area contributed by atoms with Crippen LogP contribution < -0.4 is 19.9 Å². The molecule has 1 saturated heterocycles. The Labute approximate surface area is 247 Å². The summed E-state index contributed by atoms with van der Waals surface area (Å²) in [7, 11) is 0. The molecule has 7 rings (SSSR count). The fraction of sp³-hybridized carbons (Fsp3) is 0.333. The molecule has 1 aromatic carbocycles. The summed E-state index contributed by atoms with van der Waals surface area (Å²) in [4.78, 5) is 26.0. The zero-order valence-corrected chi connectivity index (χ0v) is 23.6. The van der Waals surface area contributed by atoms with Gasteiger partial charge in [-0.25, -0.2) is 4.98 Å². The van der Waals surface area contributed by atoms with Gasteiger partial charge in [0.2, 0.25) is 5.91 Å². The summed E-state index contributed by atoms with van der Waals surface area (Å²) in [5.41, 5.74) is 4.05. The number of ether oxygens (including phenoxy) is 2. The molecular weight excluding hydrogens is 558 g/mol. The lowest BCUT2D eigenvalue weighted by molar-refractivity contribution is -0.119. The summed E-state index contributed by atoms with van der Waals surface area (Å²) in [6.07, 6.45) is 10.5. The topological polar surface area (TPSA) is 117 Å². The van der Waals surface area contributed by atoms with Crippen molar-refractivity contribution in [2.75, 3.05) is 41.5 Å². The molecule has 3 aromatic heterocycles. The minimum absolute atomic E-state index is 0.0188. The van der Waals surface area contributed by atoms with Gasteiger partial charge in [0.05, 0.1) is 43.8 Å². The molecule has 6 heterocycles.